The molecule has 4 aromatic rings. The number of imide groups is 1. The number of thiazole rings is 1. The summed E-state index contributed by atoms with van der Waals surface area (Å²) >= 11 is 2.10. The summed E-state index contributed by atoms with van der Waals surface area (Å²) in [5, 5.41) is 13.6. The van der Waals surface area contributed by atoms with E-state index in [2.05, 4.69) is 10.3 Å². The monoisotopic (exact) mass is 646 g/mol. The maximum atomic E-state index is 14.0. The van der Waals surface area contributed by atoms with Gasteiger partial charge < -0.3 is 19.8 Å². The second kappa shape index (κ2) is 12.2. The van der Waals surface area contributed by atoms with Gasteiger partial charge in [0.2, 0.25) is 11.8 Å². The number of nitro benzene ring substituents is 1. The number of rotatable bonds is 9. The topological polar surface area (TPSA) is 161 Å². The van der Waals surface area contributed by atoms with Crippen molar-refractivity contribution in [2.24, 2.45) is 5.92 Å². The number of nitrogens with one attached hydrogen (secondary N) is 2. The Balaban J connectivity index is 1.31. The maximum absolute atomic E-state index is 14.0. The number of aryl methyl sites for hydroxylation is 1. The number of hydrogen-bond acceptors (Lipinski definition) is 10. The molecule has 2 aliphatic heterocycles. The number of nitro groups is 1. The number of benzene rings is 3. The minimum Gasteiger partial charge on any atom is -0.490 e. The largest absolute Gasteiger partial charge is 0.490 e. The second-order valence-corrected chi connectivity index (χ2v) is 12.5. The van der Waals surface area contributed by atoms with Crippen LogP contribution >= 0.6 is 23.1 Å². The van der Waals surface area contributed by atoms with Gasteiger partial charge in [0.05, 0.1) is 28.2 Å². The first-order valence-corrected chi connectivity index (χ1v) is 15.6. The summed E-state index contributed by atoms with van der Waals surface area (Å²) < 4.78 is 11.7. The van der Waals surface area contributed by atoms with Crippen LogP contribution in [0.3, 0.4) is 0 Å². The normalized spacial score (nSPS) is 18.7. The molecule has 6 rings (SSSR count). The molecule has 0 saturated carbocycles. The number of nitrogens with zero attached hydrogens (tertiary/aromatic N) is 2. The number of aromatic amines is 1. The predicted molar refractivity (Wildman–Crippen MR) is 168 cm³/mol. The van der Waals surface area contributed by atoms with E-state index in [1.54, 1.807) is 31.2 Å². The molecule has 0 spiro atoms. The Morgan fingerprint density at radius 2 is 1.80 bits per heavy atom. The highest BCUT2D eigenvalue weighted by Gasteiger charge is 2.56. The molecule has 12 nitrogen and oxygen atoms in total. The van der Waals surface area contributed by atoms with Crippen LogP contribution in [0.5, 0.6) is 11.5 Å². The zero-order valence-corrected chi connectivity index (χ0v) is 25.6. The number of carbonyl (C=O) groups excluding carboxylic acids is 3. The average Bonchev–Trinajstić information content (AvgIpc) is 3.50. The molecule has 0 bridgehead atoms. The lowest BCUT2D eigenvalue weighted by atomic mass is 9.83. The first kappa shape index (κ1) is 30.1. The van der Waals surface area contributed by atoms with Crippen molar-refractivity contribution in [1.29, 1.82) is 0 Å². The van der Waals surface area contributed by atoms with E-state index in [-0.39, 0.29) is 35.4 Å². The quantitative estimate of drug-likeness (QED) is 0.147. The van der Waals surface area contributed by atoms with Crippen LogP contribution in [0.4, 0.5) is 17.1 Å². The molecule has 1 aromatic heterocycles. The van der Waals surface area contributed by atoms with Crippen molar-refractivity contribution in [3.05, 3.63) is 103 Å². The van der Waals surface area contributed by atoms with Crippen LogP contribution < -0.4 is 24.6 Å². The molecule has 3 heterocycles. The van der Waals surface area contributed by atoms with E-state index < -0.39 is 33.8 Å². The van der Waals surface area contributed by atoms with Gasteiger partial charge in [-0.2, -0.15) is 0 Å². The van der Waals surface area contributed by atoms with Crippen molar-refractivity contribution in [2.45, 2.75) is 30.0 Å². The van der Waals surface area contributed by atoms with Gasteiger partial charge >= 0.3 is 4.87 Å². The summed E-state index contributed by atoms with van der Waals surface area (Å²) in [7, 11) is 0. The van der Waals surface area contributed by atoms with Gasteiger partial charge in [0.25, 0.3) is 11.6 Å². The van der Waals surface area contributed by atoms with Crippen LogP contribution in [0, 0.1) is 23.0 Å². The predicted octanol–water partition coefficient (Wildman–Crippen LogP) is 4.87. The summed E-state index contributed by atoms with van der Waals surface area (Å²) in [6, 6.07) is 17.7. The molecule has 3 atom stereocenters. The van der Waals surface area contributed by atoms with Gasteiger partial charge in [0.15, 0.2) is 18.1 Å². The third-order valence-corrected chi connectivity index (χ3v) is 9.83. The molecule has 3 aromatic carbocycles. The average molecular weight is 647 g/mol. The molecule has 1 saturated heterocycles. The molecule has 3 amide bonds. The van der Waals surface area contributed by atoms with Crippen LogP contribution in [0.25, 0.3) is 0 Å². The van der Waals surface area contributed by atoms with Crippen molar-refractivity contribution in [2.75, 3.05) is 23.4 Å². The Hall–Kier alpha value is -4.95. The number of non-ortho nitro benzene ring substituents is 1. The molecule has 45 heavy (non-hydrogen) atoms. The fourth-order valence-electron chi connectivity index (χ4n) is 5.52. The van der Waals surface area contributed by atoms with Crippen molar-refractivity contribution in [3.63, 3.8) is 0 Å². The zero-order chi connectivity index (χ0) is 31.8. The lowest BCUT2D eigenvalue weighted by Crippen LogP contribution is -2.32. The molecule has 2 N–H and O–H groups in total. The number of ether oxygens (including phenoxy) is 2. The molecule has 2 aliphatic rings. The summed E-state index contributed by atoms with van der Waals surface area (Å²) in [4.78, 5) is 67.4. The van der Waals surface area contributed by atoms with E-state index >= 15 is 0 Å². The first-order valence-electron chi connectivity index (χ1n) is 13.9. The van der Waals surface area contributed by atoms with Crippen LogP contribution in [-0.4, -0.2) is 46.1 Å². The van der Waals surface area contributed by atoms with Crippen LogP contribution in [0.1, 0.15) is 28.8 Å². The van der Waals surface area contributed by atoms with Crippen LogP contribution in [0.15, 0.2) is 76.6 Å². The Labute approximate surface area is 264 Å². The molecular formula is C31H26N4O8S2. The van der Waals surface area contributed by atoms with Gasteiger partial charge in [-0.3, -0.25) is 29.3 Å². The summed E-state index contributed by atoms with van der Waals surface area (Å²) in [6.45, 7) is 3.73. The molecule has 0 aliphatic carbocycles. The third kappa shape index (κ3) is 5.81. The van der Waals surface area contributed by atoms with Crippen LogP contribution in [0.2, 0.25) is 0 Å². The van der Waals surface area contributed by atoms with Crippen LogP contribution in [-0.2, 0) is 14.4 Å². The van der Waals surface area contributed by atoms with Gasteiger partial charge in [0, 0.05) is 28.6 Å². The van der Waals surface area contributed by atoms with E-state index in [1.165, 1.54) is 24.3 Å². The molecular weight excluding hydrogens is 620 g/mol. The Morgan fingerprint density at radius 3 is 2.51 bits per heavy atom. The van der Waals surface area contributed by atoms with Gasteiger partial charge in [-0.05, 0) is 61.4 Å². The Kier molecular flexibility index (Phi) is 8.16. The number of thioether (sulfide) groups is 1. The fourth-order valence-corrected chi connectivity index (χ4v) is 8.04. The van der Waals surface area contributed by atoms with Crippen molar-refractivity contribution >= 4 is 57.9 Å². The maximum Gasteiger partial charge on any atom is 0.305 e. The molecule has 0 unspecified atom stereocenters. The minimum absolute atomic E-state index is 0.166. The van der Waals surface area contributed by atoms with E-state index in [0.29, 0.717) is 32.7 Å². The lowest BCUT2D eigenvalue weighted by molar-refractivity contribution is -0.384. The Bertz CT molecular complexity index is 1890. The minimum atomic E-state index is -0.863. The lowest BCUT2D eigenvalue weighted by Gasteiger charge is -2.30. The second-order valence-electron chi connectivity index (χ2n) is 10.4. The standard InChI is InChI=1S/C31H26N4O8S2/c1-3-42-22-14-17(7-12-21(22)43-15-23(36)32-18-6-4-5-16(2)13-18)24-25-27(44-28-26(24)45-31(39)33-28)30(38)34(29(25)37)19-8-10-20(11-9-19)35(40)41/h4-14,24-25,27H,3,15H2,1-2H3,(H,32,36)(H,33,39)/t24-,25-,27+/m0/s1. The highest BCUT2D eigenvalue weighted by molar-refractivity contribution is 8.00. The highest BCUT2D eigenvalue weighted by atomic mass is 32.2. The number of anilines is 2. The van der Waals surface area contributed by atoms with Crippen molar-refractivity contribution < 1.29 is 28.8 Å². The van der Waals surface area contributed by atoms with Gasteiger partial charge in [-0.15, -0.1) is 0 Å². The number of fused-ring (bicyclic) bond motifs is 2. The number of H-pyrrole nitrogens is 1. The molecule has 230 valence electrons. The SMILES string of the molecule is CCOc1cc([C@@H]2c3sc(=O)[nH]c3S[C@H]3C(=O)N(c4ccc([N+](=O)[O-])cc4)C(=O)[C@@H]23)ccc1OCC(=O)Nc1cccc(C)c1. The van der Waals surface area contributed by atoms with E-state index in [9.17, 15) is 29.3 Å². The molecule has 1 fully saturated rings. The van der Waals surface area contributed by atoms with Crippen molar-refractivity contribution in [3.8, 4) is 11.5 Å². The molecule has 0 radical (unpaired) electrons. The van der Waals surface area contributed by atoms with Gasteiger partial charge in [-0.1, -0.05) is 41.3 Å². The van der Waals surface area contributed by atoms with E-state index in [0.717, 1.165) is 33.6 Å². The molecule has 14 heteroatoms. The number of aromatic nitrogens is 1. The summed E-state index contributed by atoms with van der Waals surface area (Å²) in [5.74, 6) is -2.20. The van der Waals surface area contributed by atoms with Gasteiger partial charge in [0.1, 0.15) is 5.25 Å². The van der Waals surface area contributed by atoms with E-state index in [4.69, 9.17) is 9.47 Å². The summed E-state index contributed by atoms with van der Waals surface area (Å²) in [6.07, 6.45) is 0. The number of hydrogen-bond donors (Lipinski definition) is 2. The smallest absolute Gasteiger partial charge is 0.305 e. The Morgan fingerprint density at radius 1 is 1.02 bits per heavy atom. The zero-order valence-electron chi connectivity index (χ0n) is 24.0. The number of carbonyl (C=O) groups is 3. The van der Waals surface area contributed by atoms with E-state index in [1.807, 2.05) is 25.1 Å². The highest BCUT2D eigenvalue weighted by Crippen LogP contribution is 2.53. The summed E-state index contributed by atoms with van der Waals surface area (Å²) in [5.41, 5.74) is 2.33. The van der Waals surface area contributed by atoms with Crippen molar-refractivity contribution in [1.82, 2.24) is 4.98 Å². The van der Waals surface area contributed by atoms with Gasteiger partial charge in [-0.25, -0.2) is 4.90 Å². The third-order valence-electron chi connectivity index (χ3n) is 7.43. The number of amides is 3. The fraction of sp³-hybridized carbons (Fsp3) is 0.226. The first-order chi connectivity index (χ1) is 21.6.